The van der Waals surface area contributed by atoms with Crippen molar-refractivity contribution < 1.29 is 9.53 Å². The molecule has 0 unspecified atom stereocenters. The van der Waals surface area contributed by atoms with E-state index in [1.54, 1.807) is 37.4 Å². The quantitative estimate of drug-likeness (QED) is 0.502. The van der Waals surface area contributed by atoms with Crippen molar-refractivity contribution in [1.29, 1.82) is 0 Å². The maximum atomic E-state index is 11.3. The van der Waals surface area contributed by atoms with Gasteiger partial charge in [-0.2, -0.15) is 5.10 Å². The number of anilines is 1. The molecule has 1 aromatic heterocycles. The molecule has 0 fully saturated rings. The SMILES string of the molecule is COC(=O)c1ccc(/C=N\Nc2nc(C)cc(=O)[nH]2)cc1. The summed E-state index contributed by atoms with van der Waals surface area (Å²) in [6.07, 6.45) is 1.55. The average molecular weight is 286 g/mol. The van der Waals surface area contributed by atoms with Crippen molar-refractivity contribution in [3.63, 3.8) is 0 Å². The summed E-state index contributed by atoms with van der Waals surface area (Å²) in [6, 6.07) is 8.12. The topological polar surface area (TPSA) is 96.4 Å². The van der Waals surface area contributed by atoms with E-state index >= 15 is 0 Å². The molecule has 2 rings (SSSR count). The number of methoxy groups -OCH3 is 1. The molecule has 2 N–H and O–H groups in total. The zero-order valence-electron chi connectivity index (χ0n) is 11.6. The molecule has 0 aliphatic heterocycles. The summed E-state index contributed by atoms with van der Waals surface area (Å²) in [4.78, 5) is 29.1. The molecule has 7 heteroatoms. The van der Waals surface area contributed by atoms with Crippen LogP contribution in [0.4, 0.5) is 5.95 Å². The fourth-order valence-electron chi connectivity index (χ4n) is 1.62. The molecule has 0 aliphatic rings. The Bertz CT molecular complexity index is 720. The molecule has 1 aromatic carbocycles. The standard InChI is InChI=1S/C14H14N4O3/c1-9-7-12(19)17-14(16-9)18-15-8-10-3-5-11(6-4-10)13(20)21-2/h3-8H,1-2H3,(H2,16,17,18,19)/b15-8-. The molecule has 108 valence electrons. The number of nitrogens with one attached hydrogen (secondary N) is 2. The molecule has 21 heavy (non-hydrogen) atoms. The Balaban J connectivity index is 2.04. The first-order valence-corrected chi connectivity index (χ1v) is 6.14. The van der Waals surface area contributed by atoms with Gasteiger partial charge in [-0.3, -0.25) is 9.78 Å². The fourth-order valence-corrected chi connectivity index (χ4v) is 1.62. The number of hydrogen-bond acceptors (Lipinski definition) is 6. The second-order valence-corrected chi connectivity index (χ2v) is 4.22. The maximum Gasteiger partial charge on any atom is 0.337 e. The Hall–Kier alpha value is -2.96. The van der Waals surface area contributed by atoms with Crippen LogP contribution in [-0.2, 0) is 4.74 Å². The number of hydrogen-bond donors (Lipinski definition) is 2. The minimum absolute atomic E-state index is 0.248. The monoisotopic (exact) mass is 286 g/mol. The molecule has 0 amide bonds. The van der Waals surface area contributed by atoms with E-state index in [1.165, 1.54) is 13.2 Å². The summed E-state index contributed by atoms with van der Waals surface area (Å²) >= 11 is 0. The lowest BCUT2D eigenvalue weighted by Gasteiger charge is -2.00. The number of aryl methyl sites for hydroxylation is 1. The van der Waals surface area contributed by atoms with Crippen molar-refractivity contribution in [2.24, 2.45) is 5.10 Å². The van der Waals surface area contributed by atoms with Gasteiger partial charge in [0.1, 0.15) is 0 Å². The van der Waals surface area contributed by atoms with Crippen LogP contribution in [0.3, 0.4) is 0 Å². The summed E-state index contributed by atoms with van der Waals surface area (Å²) < 4.78 is 4.61. The van der Waals surface area contributed by atoms with Crippen molar-refractivity contribution in [1.82, 2.24) is 9.97 Å². The van der Waals surface area contributed by atoms with Crippen LogP contribution in [0.2, 0.25) is 0 Å². The van der Waals surface area contributed by atoms with Gasteiger partial charge in [-0.1, -0.05) is 12.1 Å². The lowest BCUT2D eigenvalue weighted by atomic mass is 10.1. The highest BCUT2D eigenvalue weighted by atomic mass is 16.5. The van der Waals surface area contributed by atoms with E-state index < -0.39 is 5.97 Å². The summed E-state index contributed by atoms with van der Waals surface area (Å²) in [5, 5.41) is 3.96. The first-order chi connectivity index (χ1) is 10.1. The first-order valence-electron chi connectivity index (χ1n) is 6.14. The van der Waals surface area contributed by atoms with Crippen LogP contribution < -0.4 is 11.0 Å². The van der Waals surface area contributed by atoms with Gasteiger partial charge < -0.3 is 4.74 Å². The number of esters is 1. The molecule has 1 heterocycles. The third-order valence-electron chi connectivity index (χ3n) is 2.59. The van der Waals surface area contributed by atoms with Crippen molar-refractivity contribution in [2.75, 3.05) is 12.5 Å². The summed E-state index contributed by atoms with van der Waals surface area (Å²) in [6.45, 7) is 1.72. The molecule has 0 aliphatic carbocycles. The van der Waals surface area contributed by atoms with Gasteiger partial charge in [-0.05, 0) is 24.6 Å². The average Bonchev–Trinajstić information content (AvgIpc) is 2.46. The number of aromatic amines is 1. The zero-order valence-corrected chi connectivity index (χ0v) is 11.6. The Labute approximate surface area is 120 Å². The van der Waals surface area contributed by atoms with Crippen molar-refractivity contribution in [3.05, 3.63) is 57.5 Å². The lowest BCUT2D eigenvalue weighted by molar-refractivity contribution is 0.0600. The van der Waals surface area contributed by atoms with Crippen LogP contribution in [0.25, 0.3) is 0 Å². The summed E-state index contributed by atoms with van der Waals surface area (Å²) in [5.41, 5.74) is 4.23. The third kappa shape index (κ3) is 4.00. The largest absolute Gasteiger partial charge is 0.465 e. The molecule has 2 aromatic rings. The number of carbonyl (C=O) groups is 1. The van der Waals surface area contributed by atoms with Gasteiger partial charge >= 0.3 is 5.97 Å². The Morgan fingerprint density at radius 2 is 2.10 bits per heavy atom. The van der Waals surface area contributed by atoms with Gasteiger partial charge in [0.25, 0.3) is 5.56 Å². The molecule has 0 spiro atoms. The van der Waals surface area contributed by atoms with Crippen LogP contribution in [-0.4, -0.2) is 29.3 Å². The van der Waals surface area contributed by atoms with Crippen molar-refractivity contribution >= 4 is 18.1 Å². The molecule has 0 radical (unpaired) electrons. The zero-order chi connectivity index (χ0) is 15.2. The van der Waals surface area contributed by atoms with Crippen LogP contribution in [0, 0.1) is 6.92 Å². The fraction of sp³-hybridized carbons (Fsp3) is 0.143. The van der Waals surface area contributed by atoms with Crippen molar-refractivity contribution in [2.45, 2.75) is 6.92 Å². The van der Waals surface area contributed by atoms with E-state index in [4.69, 9.17) is 0 Å². The smallest absolute Gasteiger partial charge is 0.337 e. The van der Waals surface area contributed by atoms with Crippen LogP contribution >= 0.6 is 0 Å². The van der Waals surface area contributed by atoms with Crippen LogP contribution in [0.5, 0.6) is 0 Å². The minimum Gasteiger partial charge on any atom is -0.465 e. The van der Waals surface area contributed by atoms with E-state index in [0.29, 0.717) is 11.3 Å². The number of carbonyl (C=O) groups excluding carboxylic acids is 1. The van der Waals surface area contributed by atoms with Gasteiger partial charge in [0.2, 0.25) is 5.95 Å². The van der Waals surface area contributed by atoms with Crippen LogP contribution in [0.1, 0.15) is 21.6 Å². The summed E-state index contributed by atoms with van der Waals surface area (Å²) in [7, 11) is 1.33. The number of rotatable bonds is 4. The van der Waals surface area contributed by atoms with Crippen LogP contribution in [0.15, 0.2) is 40.2 Å². The highest BCUT2D eigenvalue weighted by Gasteiger charge is 2.03. The van der Waals surface area contributed by atoms with E-state index in [0.717, 1.165) is 5.56 Å². The Morgan fingerprint density at radius 3 is 2.71 bits per heavy atom. The van der Waals surface area contributed by atoms with Gasteiger partial charge in [0, 0.05) is 11.8 Å². The Kier molecular flexibility index (Phi) is 4.45. The predicted octanol–water partition coefficient (Wildman–Crippen LogP) is 1.31. The van der Waals surface area contributed by atoms with Gasteiger partial charge in [-0.15, -0.1) is 0 Å². The third-order valence-corrected chi connectivity index (χ3v) is 2.59. The molecule has 0 bridgehead atoms. The number of H-pyrrole nitrogens is 1. The number of aromatic nitrogens is 2. The molecule has 0 atom stereocenters. The molecular weight excluding hydrogens is 272 g/mol. The normalized spacial score (nSPS) is 10.6. The molecule has 0 saturated heterocycles. The molecular formula is C14H14N4O3. The second kappa shape index (κ2) is 6.47. The number of hydrazone groups is 1. The molecule has 7 nitrogen and oxygen atoms in total. The maximum absolute atomic E-state index is 11.3. The molecule has 0 saturated carbocycles. The van der Waals surface area contributed by atoms with E-state index in [-0.39, 0.29) is 11.5 Å². The van der Waals surface area contributed by atoms with E-state index in [1.807, 2.05) is 0 Å². The minimum atomic E-state index is -0.391. The second-order valence-electron chi connectivity index (χ2n) is 4.22. The van der Waals surface area contributed by atoms with E-state index in [2.05, 4.69) is 25.2 Å². The van der Waals surface area contributed by atoms with Gasteiger partial charge in [-0.25, -0.2) is 15.2 Å². The highest BCUT2D eigenvalue weighted by molar-refractivity contribution is 5.90. The first kappa shape index (κ1) is 14.4. The number of ether oxygens (including phenoxy) is 1. The van der Waals surface area contributed by atoms with E-state index in [9.17, 15) is 9.59 Å². The van der Waals surface area contributed by atoms with Crippen molar-refractivity contribution in [3.8, 4) is 0 Å². The number of benzene rings is 1. The summed E-state index contributed by atoms with van der Waals surface area (Å²) in [5.74, 6) is -0.124. The van der Waals surface area contributed by atoms with Gasteiger partial charge in [0.15, 0.2) is 0 Å². The van der Waals surface area contributed by atoms with Gasteiger partial charge in [0.05, 0.1) is 18.9 Å². The predicted molar refractivity (Wildman–Crippen MR) is 78.6 cm³/mol. The number of nitrogens with zero attached hydrogens (tertiary/aromatic N) is 2. The Morgan fingerprint density at radius 1 is 1.38 bits per heavy atom. The lowest BCUT2D eigenvalue weighted by Crippen LogP contribution is -2.10. The highest BCUT2D eigenvalue weighted by Crippen LogP contribution is 2.04.